The standard InChI is InChI=1S/C30H33ClN4O4/c1-18(2)15-24(29(37)39-30(3,4)5)33-28(36)23-17-26(21-9-7-8-10-27(21)38-6)35(34-23)25-13-14-32-22-16-19(31)11-12-20(22)25/h7-14,16-18,24H,15H2,1-6H3,(H,33,36)/t24-/m0/s1. The Labute approximate surface area is 233 Å². The minimum atomic E-state index is -0.819. The van der Waals surface area contributed by atoms with Gasteiger partial charge in [-0.15, -0.1) is 0 Å². The zero-order chi connectivity index (χ0) is 28.3. The fourth-order valence-electron chi connectivity index (χ4n) is 4.31. The van der Waals surface area contributed by atoms with Crippen molar-refractivity contribution in [3.05, 3.63) is 71.5 Å². The third-order valence-electron chi connectivity index (χ3n) is 5.94. The average Bonchev–Trinajstić information content (AvgIpc) is 3.31. The third kappa shape index (κ3) is 6.57. The number of para-hydroxylation sites is 1. The van der Waals surface area contributed by atoms with Crippen molar-refractivity contribution in [3.63, 3.8) is 0 Å². The molecule has 0 radical (unpaired) electrons. The van der Waals surface area contributed by atoms with E-state index in [9.17, 15) is 9.59 Å². The number of fused-ring (bicyclic) bond motifs is 1. The van der Waals surface area contributed by atoms with Gasteiger partial charge in [0.1, 0.15) is 17.4 Å². The van der Waals surface area contributed by atoms with E-state index in [1.807, 2.05) is 50.2 Å². The van der Waals surface area contributed by atoms with Crippen molar-refractivity contribution in [2.45, 2.75) is 52.7 Å². The number of pyridine rings is 1. The Morgan fingerprint density at radius 2 is 1.82 bits per heavy atom. The summed E-state index contributed by atoms with van der Waals surface area (Å²) in [6.07, 6.45) is 2.10. The number of amides is 1. The van der Waals surface area contributed by atoms with Crippen molar-refractivity contribution in [2.75, 3.05) is 7.11 Å². The van der Waals surface area contributed by atoms with Crippen molar-refractivity contribution in [3.8, 4) is 22.7 Å². The number of nitrogens with zero attached hydrogens (tertiary/aromatic N) is 3. The molecule has 9 heteroatoms. The molecular weight excluding hydrogens is 516 g/mol. The van der Waals surface area contributed by atoms with Crippen LogP contribution in [0.3, 0.4) is 0 Å². The van der Waals surface area contributed by atoms with E-state index in [0.29, 0.717) is 34.1 Å². The molecule has 2 aromatic heterocycles. The third-order valence-corrected chi connectivity index (χ3v) is 6.17. The first-order chi connectivity index (χ1) is 18.5. The molecule has 2 aromatic carbocycles. The summed E-state index contributed by atoms with van der Waals surface area (Å²) >= 11 is 6.21. The van der Waals surface area contributed by atoms with E-state index in [1.54, 1.807) is 57.0 Å². The largest absolute Gasteiger partial charge is 0.496 e. The number of aromatic nitrogens is 3. The van der Waals surface area contributed by atoms with Gasteiger partial charge in [0.25, 0.3) is 5.91 Å². The lowest BCUT2D eigenvalue weighted by Crippen LogP contribution is -2.45. The Morgan fingerprint density at radius 1 is 1.08 bits per heavy atom. The molecule has 0 fully saturated rings. The molecule has 39 heavy (non-hydrogen) atoms. The molecule has 0 saturated heterocycles. The first-order valence-corrected chi connectivity index (χ1v) is 13.2. The number of hydrogen-bond donors (Lipinski definition) is 1. The maximum atomic E-state index is 13.5. The summed E-state index contributed by atoms with van der Waals surface area (Å²) in [5, 5.41) is 8.93. The van der Waals surface area contributed by atoms with Gasteiger partial charge in [-0.05, 0) is 75.6 Å². The van der Waals surface area contributed by atoms with Crippen molar-refractivity contribution >= 4 is 34.4 Å². The minimum Gasteiger partial charge on any atom is -0.496 e. The van der Waals surface area contributed by atoms with E-state index in [4.69, 9.17) is 26.2 Å². The normalized spacial score (nSPS) is 12.4. The monoisotopic (exact) mass is 548 g/mol. The first-order valence-electron chi connectivity index (χ1n) is 12.8. The molecule has 1 N–H and O–H groups in total. The van der Waals surface area contributed by atoms with E-state index in [2.05, 4.69) is 10.3 Å². The molecule has 0 spiro atoms. The summed E-state index contributed by atoms with van der Waals surface area (Å²) in [5.41, 5.74) is 2.25. The van der Waals surface area contributed by atoms with E-state index in [-0.39, 0.29) is 11.6 Å². The highest BCUT2D eigenvalue weighted by molar-refractivity contribution is 6.31. The van der Waals surface area contributed by atoms with Crippen LogP contribution in [0.5, 0.6) is 5.75 Å². The molecule has 0 aliphatic carbocycles. The van der Waals surface area contributed by atoms with Crippen LogP contribution in [0.2, 0.25) is 5.02 Å². The Bertz CT molecular complexity index is 1510. The lowest BCUT2D eigenvalue weighted by Gasteiger charge is -2.25. The van der Waals surface area contributed by atoms with Gasteiger partial charge in [-0.3, -0.25) is 9.78 Å². The van der Waals surface area contributed by atoms with Crippen LogP contribution < -0.4 is 10.1 Å². The summed E-state index contributed by atoms with van der Waals surface area (Å²) in [6.45, 7) is 9.36. The van der Waals surface area contributed by atoms with Crippen LogP contribution >= 0.6 is 11.6 Å². The van der Waals surface area contributed by atoms with Gasteiger partial charge in [0.05, 0.1) is 24.0 Å². The zero-order valence-electron chi connectivity index (χ0n) is 23.0. The number of halogens is 1. The maximum absolute atomic E-state index is 13.5. The molecule has 0 saturated carbocycles. The Morgan fingerprint density at radius 3 is 2.51 bits per heavy atom. The van der Waals surface area contributed by atoms with E-state index >= 15 is 0 Å². The minimum absolute atomic E-state index is 0.146. The van der Waals surface area contributed by atoms with E-state index < -0.39 is 23.5 Å². The smallest absolute Gasteiger partial charge is 0.329 e. The zero-order valence-corrected chi connectivity index (χ0v) is 23.7. The molecular formula is C30H33ClN4O4. The molecule has 8 nitrogen and oxygen atoms in total. The highest BCUT2D eigenvalue weighted by Crippen LogP contribution is 2.34. The van der Waals surface area contributed by atoms with Crippen LogP contribution in [0, 0.1) is 5.92 Å². The number of nitrogens with one attached hydrogen (secondary N) is 1. The molecule has 1 amide bonds. The van der Waals surface area contributed by atoms with Crippen LogP contribution in [0.1, 0.15) is 51.5 Å². The molecule has 4 aromatic rings. The molecule has 0 bridgehead atoms. The number of hydrogen-bond acceptors (Lipinski definition) is 6. The van der Waals surface area contributed by atoms with Crippen molar-refractivity contribution < 1.29 is 19.1 Å². The first kappa shape index (κ1) is 28.1. The van der Waals surface area contributed by atoms with Gasteiger partial charge in [0.2, 0.25) is 0 Å². The van der Waals surface area contributed by atoms with Gasteiger partial charge in [0, 0.05) is 22.2 Å². The molecule has 0 aliphatic rings. The Kier molecular flexibility index (Phi) is 8.25. The van der Waals surface area contributed by atoms with Gasteiger partial charge in [-0.25, -0.2) is 9.48 Å². The SMILES string of the molecule is COc1ccccc1-c1cc(C(=O)N[C@@H](CC(C)C)C(=O)OC(C)(C)C)nn1-c1ccnc2cc(Cl)ccc12. The van der Waals surface area contributed by atoms with Crippen LogP contribution in [0.4, 0.5) is 0 Å². The van der Waals surface area contributed by atoms with Crippen molar-refractivity contribution in [1.82, 2.24) is 20.1 Å². The quantitative estimate of drug-likeness (QED) is 0.262. The number of esters is 1. The second-order valence-electron chi connectivity index (χ2n) is 10.7. The summed E-state index contributed by atoms with van der Waals surface area (Å²) in [4.78, 5) is 30.9. The summed E-state index contributed by atoms with van der Waals surface area (Å²) in [5.74, 6) is -0.188. The molecule has 1 atom stereocenters. The molecule has 0 unspecified atom stereocenters. The van der Waals surface area contributed by atoms with Crippen LogP contribution in [-0.2, 0) is 9.53 Å². The maximum Gasteiger partial charge on any atom is 0.329 e. The topological polar surface area (TPSA) is 95.3 Å². The lowest BCUT2D eigenvalue weighted by molar-refractivity contribution is -0.157. The lowest BCUT2D eigenvalue weighted by atomic mass is 10.0. The number of rotatable bonds is 8. The van der Waals surface area contributed by atoms with Crippen molar-refractivity contribution in [2.24, 2.45) is 5.92 Å². The van der Waals surface area contributed by atoms with Gasteiger partial charge in [-0.2, -0.15) is 5.10 Å². The molecule has 204 valence electrons. The van der Waals surface area contributed by atoms with Crippen LogP contribution in [0.15, 0.2) is 60.8 Å². The predicted molar refractivity (Wildman–Crippen MR) is 152 cm³/mol. The number of carbonyl (C=O) groups excluding carboxylic acids is 2. The van der Waals surface area contributed by atoms with Crippen molar-refractivity contribution in [1.29, 1.82) is 0 Å². The predicted octanol–water partition coefficient (Wildman–Crippen LogP) is 6.24. The average molecular weight is 549 g/mol. The van der Waals surface area contributed by atoms with E-state index in [0.717, 1.165) is 10.9 Å². The van der Waals surface area contributed by atoms with Crippen LogP contribution in [0.25, 0.3) is 27.8 Å². The highest BCUT2D eigenvalue weighted by Gasteiger charge is 2.29. The Balaban J connectivity index is 1.81. The number of methoxy groups -OCH3 is 1. The fraction of sp³-hybridized carbons (Fsp3) is 0.333. The van der Waals surface area contributed by atoms with Gasteiger partial charge < -0.3 is 14.8 Å². The van der Waals surface area contributed by atoms with Gasteiger partial charge in [-0.1, -0.05) is 37.6 Å². The Hall–Kier alpha value is -3.91. The number of ether oxygens (including phenoxy) is 2. The summed E-state index contributed by atoms with van der Waals surface area (Å²) in [6, 6.07) is 15.6. The summed E-state index contributed by atoms with van der Waals surface area (Å²) in [7, 11) is 1.59. The number of carbonyl (C=O) groups is 2. The number of benzene rings is 2. The van der Waals surface area contributed by atoms with Crippen LogP contribution in [-0.4, -0.2) is 45.4 Å². The van der Waals surface area contributed by atoms with E-state index in [1.165, 1.54) is 0 Å². The molecule has 0 aliphatic heterocycles. The highest BCUT2D eigenvalue weighted by atomic mass is 35.5. The second kappa shape index (κ2) is 11.5. The van der Waals surface area contributed by atoms with Gasteiger partial charge in [0.15, 0.2) is 5.69 Å². The van der Waals surface area contributed by atoms with Gasteiger partial charge >= 0.3 is 5.97 Å². The molecule has 2 heterocycles. The second-order valence-corrected chi connectivity index (χ2v) is 11.1. The fourth-order valence-corrected chi connectivity index (χ4v) is 4.47. The summed E-state index contributed by atoms with van der Waals surface area (Å²) < 4.78 is 12.9. The molecule has 4 rings (SSSR count).